The molecule has 4 nitrogen and oxygen atoms in total. The van der Waals surface area contributed by atoms with Gasteiger partial charge in [0.05, 0.1) is 0 Å². The summed E-state index contributed by atoms with van der Waals surface area (Å²) in [5.41, 5.74) is 5.77. The maximum absolute atomic E-state index is 5.46. The number of rotatable bonds is 7. The Hall–Kier alpha value is -0.840. The highest BCUT2D eigenvalue weighted by Crippen LogP contribution is 2.24. The molecule has 0 atom stereocenters. The molecule has 16 heavy (non-hydrogen) atoms. The Morgan fingerprint density at radius 1 is 1.38 bits per heavy atom. The van der Waals surface area contributed by atoms with Crippen LogP contribution in [0.5, 0.6) is 0 Å². The SMILES string of the molecule is CCCCCC(C)(C)CNc1nc(N)ns1. The molecular formula is C11H22N4S. The molecule has 0 spiro atoms. The molecule has 0 bridgehead atoms. The monoisotopic (exact) mass is 242 g/mol. The number of hydrogen-bond acceptors (Lipinski definition) is 5. The molecule has 1 rings (SSSR count). The first kappa shape index (κ1) is 13.2. The topological polar surface area (TPSA) is 63.8 Å². The van der Waals surface area contributed by atoms with Gasteiger partial charge in [0.1, 0.15) is 0 Å². The molecule has 0 aliphatic carbocycles. The minimum Gasteiger partial charge on any atom is -0.367 e. The van der Waals surface area contributed by atoms with Crippen molar-refractivity contribution in [2.24, 2.45) is 5.41 Å². The molecule has 0 saturated carbocycles. The zero-order valence-corrected chi connectivity index (χ0v) is 11.2. The average Bonchev–Trinajstić information content (AvgIpc) is 2.62. The van der Waals surface area contributed by atoms with Gasteiger partial charge in [0.25, 0.3) is 0 Å². The van der Waals surface area contributed by atoms with Gasteiger partial charge < -0.3 is 11.1 Å². The molecule has 5 heteroatoms. The molecule has 0 aliphatic heterocycles. The van der Waals surface area contributed by atoms with Crippen molar-refractivity contribution in [3.8, 4) is 0 Å². The fourth-order valence-electron chi connectivity index (χ4n) is 1.56. The summed E-state index contributed by atoms with van der Waals surface area (Å²) in [6.45, 7) is 7.71. The summed E-state index contributed by atoms with van der Waals surface area (Å²) in [4.78, 5) is 4.08. The van der Waals surface area contributed by atoms with E-state index in [1.165, 1.54) is 37.2 Å². The third-order valence-corrected chi connectivity index (χ3v) is 3.30. The van der Waals surface area contributed by atoms with Crippen LogP contribution in [0.15, 0.2) is 0 Å². The third-order valence-electron chi connectivity index (χ3n) is 2.62. The quantitative estimate of drug-likeness (QED) is 0.721. The molecule has 0 saturated heterocycles. The van der Waals surface area contributed by atoms with Crippen LogP contribution in [-0.4, -0.2) is 15.9 Å². The van der Waals surface area contributed by atoms with Gasteiger partial charge in [0.2, 0.25) is 11.1 Å². The first-order valence-electron chi connectivity index (χ1n) is 5.86. The molecule has 0 amide bonds. The van der Waals surface area contributed by atoms with Crippen LogP contribution >= 0.6 is 11.5 Å². The fourth-order valence-corrected chi connectivity index (χ4v) is 2.06. The predicted octanol–water partition coefficient (Wildman–Crippen LogP) is 3.14. The smallest absolute Gasteiger partial charge is 0.233 e. The molecule has 92 valence electrons. The molecule has 1 aromatic heterocycles. The Kier molecular flexibility index (Phi) is 4.99. The summed E-state index contributed by atoms with van der Waals surface area (Å²) in [7, 11) is 0. The molecular weight excluding hydrogens is 220 g/mol. The van der Waals surface area contributed by atoms with Crippen LogP contribution in [0, 0.1) is 5.41 Å². The maximum Gasteiger partial charge on any atom is 0.233 e. The van der Waals surface area contributed by atoms with Gasteiger partial charge in [-0.3, -0.25) is 0 Å². The Morgan fingerprint density at radius 2 is 2.12 bits per heavy atom. The summed E-state index contributed by atoms with van der Waals surface area (Å²) < 4.78 is 3.94. The van der Waals surface area contributed by atoms with Gasteiger partial charge in [0, 0.05) is 18.1 Å². The van der Waals surface area contributed by atoms with Crippen molar-refractivity contribution in [3.63, 3.8) is 0 Å². The molecule has 0 aromatic carbocycles. The van der Waals surface area contributed by atoms with Crippen LogP contribution in [0.3, 0.4) is 0 Å². The number of nitrogens with one attached hydrogen (secondary N) is 1. The summed E-state index contributed by atoms with van der Waals surface area (Å²) in [5, 5.41) is 4.12. The number of anilines is 2. The van der Waals surface area contributed by atoms with Crippen molar-refractivity contribution in [1.82, 2.24) is 9.36 Å². The van der Waals surface area contributed by atoms with Crippen molar-refractivity contribution in [1.29, 1.82) is 0 Å². The van der Waals surface area contributed by atoms with E-state index in [-0.39, 0.29) is 0 Å². The first-order chi connectivity index (χ1) is 7.53. The standard InChI is InChI=1S/C11H22N4S/c1-4-5-6-7-11(2,3)8-13-10-14-9(12)15-16-10/h4-8H2,1-3H3,(H3,12,13,14,15). The van der Waals surface area contributed by atoms with Gasteiger partial charge in [0.15, 0.2) is 0 Å². The number of nitrogens with two attached hydrogens (primary N) is 1. The first-order valence-corrected chi connectivity index (χ1v) is 6.64. The molecule has 0 aliphatic rings. The summed E-state index contributed by atoms with van der Waals surface area (Å²) in [6.07, 6.45) is 5.12. The Morgan fingerprint density at radius 3 is 2.69 bits per heavy atom. The van der Waals surface area contributed by atoms with E-state index >= 15 is 0 Å². The van der Waals surface area contributed by atoms with Gasteiger partial charge in [-0.1, -0.05) is 40.0 Å². The lowest BCUT2D eigenvalue weighted by atomic mass is 9.87. The van der Waals surface area contributed by atoms with Crippen molar-refractivity contribution in [2.45, 2.75) is 46.5 Å². The highest BCUT2D eigenvalue weighted by Gasteiger charge is 2.17. The Bertz CT molecular complexity index is 309. The van der Waals surface area contributed by atoms with Crippen LogP contribution in [0.1, 0.15) is 46.5 Å². The van der Waals surface area contributed by atoms with E-state index in [9.17, 15) is 0 Å². The van der Waals surface area contributed by atoms with E-state index in [0.717, 1.165) is 11.7 Å². The second-order valence-corrected chi connectivity index (χ2v) is 5.68. The van der Waals surface area contributed by atoms with Crippen molar-refractivity contribution in [2.75, 3.05) is 17.6 Å². The van der Waals surface area contributed by atoms with E-state index < -0.39 is 0 Å². The van der Waals surface area contributed by atoms with Gasteiger partial charge in [-0.15, -0.1) is 0 Å². The van der Waals surface area contributed by atoms with E-state index in [1.807, 2.05) is 0 Å². The van der Waals surface area contributed by atoms with E-state index in [4.69, 9.17) is 5.73 Å². The zero-order valence-electron chi connectivity index (χ0n) is 10.4. The number of hydrogen-bond donors (Lipinski definition) is 2. The number of nitrogens with zero attached hydrogens (tertiary/aromatic N) is 2. The van der Waals surface area contributed by atoms with Gasteiger partial charge in [-0.25, -0.2) is 0 Å². The molecule has 0 unspecified atom stereocenters. The second-order valence-electron chi connectivity index (χ2n) is 4.93. The molecule has 0 fully saturated rings. The van der Waals surface area contributed by atoms with Gasteiger partial charge >= 0.3 is 0 Å². The minimum absolute atomic E-state index is 0.301. The van der Waals surface area contributed by atoms with Crippen LogP contribution in [0.25, 0.3) is 0 Å². The van der Waals surface area contributed by atoms with E-state index in [1.54, 1.807) is 0 Å². The van der Waals surface area contributed by atoms with Gasteiger partial charge in [-0.05, 0) is 11.8 Å². The number of nitrogen functional groups attached to an aromatic ring is 1. The van der Waals surface area contributed by atoms with E-state index in [2.05, 4.69) is 35.4 Å². The summed E-state index contributed by atoms with van der Waals surface area (Å²) in [6, 6.07) is 0. The molecule has 0 radical (unpaired) electrons. The lowest BCUT2D eigenvalue weighted by Gasteiger charge is -2.24. The molecule has 1 heterocycles. The Labute approximate surface area is 102 Å². The average molecular weight is 242 g/mol. The summed E-state index contributed by atoms with van der Waals surface area (Å²) >= 11 is 1.32. The van der Waals surface area contributed by atoms with E-state index in [0.29, 0.717) is 11.4 Å². The minimum atomic E-state index is 0.301. The predicted molar refractivity (Wildman–Crippen MR) is 70.7 cm³/mol. The van der Waals surface area contributed by atoms with Crippen LogP contribution in [0.4, 0.5) is 11.1 Å². The van der Waals surface area contributed by atoms with Crippen molar-refractivity contribution >= 4 is 22.6 Å². The lowest BCUT2D eigenvalue weighted by molar-refractivity contribution is 0.342. The molecule has 3 N–H and O–H groups in total. The van der Waals surface area contributed by atoms with Crippen LogP contribution < -0.4 is 11.1 Å². The highest BCUT2D eigenvalue weighted by atomic mass is 32.1. The lowest BCUT2D eigenvalue weighted by Crippen LogP contribution is -2.23. The van der Waals surface area contributed by atoms with Crippen molar-refractivity contribution < 1.29 is 0 Å². The van der Waals surface area contributed by atoms with Gasteiger partial charge in [-0.2, -0.15) is 9.36 Å². The summed E-state index contributed by atoms with van der Waals surface area (Å²) in [5.74, 6) is 0.358. The maximum atomic E-state index is 5.46. The zero-order chi connectivity index (χ0) is 12.0. The fraction of sp³-hybridized carbons (Fsp3) is 0.818. The number of unbranched alkanes of at least 4 members (excludes halogenated alkanes) is 2. The molecule has 1 aromatic rings. The highest BCUT2D eigenvalue weighted by molar-refractivity contribution is 7.09. The van der Waals surface area contributed by atoms with Crippen LogP contribution in [-0.2, 0) is 0 Å². The Balaban J connectivity index is 2.29. The number of aromatic nitrogens is 2. The second kappa shape index (κ2) is 6.03. The normalized spacial score (nSPS) is 11.7. The third kappa shape index (κ3) is 4.79. The largest absolute Gasteiger partial charge is 0.367 e. The van der Waals surface area contributed by atoms with Crippen molar-refractivity contribution in [3.05, 3.63) is 0 Å². The van der Waals surface area contributed by atoms with Crippen LogP contribution in [0.2, 0.25) is 0 Å².